The predicted octanol–water partition coefficient (Wildman–Crippen LogP) is 2.39. The molecular formula is C9H9F5N2. The Morgan fingerprint density at radius 3 is 1.88 bits per heavy atom. The van der Waals surface area contributed by atoms with Gasteiger partial charge in [-0.15, -0.1) is 0 Å². The van der Waals surface area contributed by atoms with Crippen molar-refractivity contribution in [2.45, 2.75) is 18.1 Å². The van der Waals surface area contributed by atoms with Gasteiger partial charge in [0.15, 0.2) is 0 Å². The Labute approximate surface area is 88.2 Å². The summed E-state index contributed by atoms with van der Waals surface area (Å²) in [4.78, 5) is 0. The minimum Gasteiger partial charge on any atom is -0.271 e. The molecule has 1 aromatic rings. The van der Waals surface area contributed by atoms with Crippen molar-refractivity contribution < 1.29 is 22.0 Å². The lowest BCUT2D eigenvalue weighted by Gasteiger charge is -2.28. The number of halogens is 5. The molecule has 0 saturated carbocycles. The van der Waals surface area contributed by atoms with Gasteiger partial charge in [0.2, 0.25) is 0 Å². The number of nitrogens with one attached hydrogen (secondary N) is 1. The summed E-state index contributed by atoms with van der Waals surface area (Å²) < 4.78 is 62.4. The van der Waals surface area contributed by atoms with E-state index in [0.29, 0.717) is 0 Å². The van der Waals surface area contributed by atoms with Crippen LogP contribution in [0.4, 0.5) is 22.0 Å². The average molecular weight is 240 g/mol. The molecule has 0 saturated heterocycles. The first-order valence-electron chi connectivity index (χ1n) is 4.26. The van der Waals surface area contributed by atoms with E-state index in [1.165, 1.54) is 23.6 Å². The highest BCUT2D eigenvalue weighted by molar-refractivity contribution is 5.21. The lowest BCUT2D eigenvalue weighted by molar-refractivity contribution is -0.294. The van der Waals surface area contributed by atoms with Gasteiger partial charge in [-0.1, -0.05) is 30.3 Å². The fraction of sp³-hybridized carbons (Fsp3) is 0.333. The molecular weight excluding hydrogens is 231 g/mol. The number of rotatable bonds is 3. The maximum absolute atomic E-state index is 13.0. The van der Waals surface area contributed by atoms with Gasteiger partial charge >= 0.3 is 12.1 Å². The van der Waals surface area contributed by atoms with Gasteiger partial charge in [-0.05, 0) is 5.56 Å². The summed E-state index contributed by atoms with van der Waals surface area (Å²) >= 11 is 0. The van der Waals surface area contributed by atoms with Crippen LogP contribution in [0.2, 0.25) is 0 Å². The molecule has 90 valence electrons. The smallest absolute Gasteiger partial charge is 0.271 e. The topological polar surface area (TPSA) is 38.0 Å². The van der Waals surface area contributed by atoms with Crippen LogP contribution in [0.1, 0.15) is 11.6 Å². The Balaban J connectivity index is 3.09. The normalized spacial score (nSPS) is 14.9. The van der Waals surface area contributed by atoms with Crippen molar-refractivity contribution >= 4 is 0 Å². The molecule has 0 bridgehead atoms. The number of nitrogens with two attached hydrogens (primary N) is 1. The second-order valence-electron chi connectivity index (χ2n) is 3.13. The van der Waals surface area contributed by atoms with Crippen LogP contribution in [-0.2, 0) is 0 Å². The van der Waals surface area contributed by atoms with Crippen LogP contribution in [0, 0.1) is 0 Å². The minimum atomic E-state index is -5.65. The molecule has 1 aromatic carbocycles. The molecule has 0 aliphatic carbocycles. The molecule has 0 fully saturated rings. The van der Waals surface area contributed by atoms with Crippen molar-refractivity contribution in [3.63, 3.8) is 0 Å². The number of hydrogen-bond donors (Lipinski definition) is 2. The van der Waals surface area contributed by atoms with Crippen molar-refractivity contribution in [2.75, 3.05) is 0 Å². The van der Waals surface area contributed by atoms with E-state index >= 15 is 0 Å². The molecule has 0 unspecified atom stereocenters. The zero-order chi connectivity index (χ0) is 12.4. The molecule has 0 aromatic heterocycles. The van der Waals surface area contributed by atoms with Crippen LogP contribution in [-0.4, -0.2) is 12.1 Å². The molecule has 0 aliphatic rings. The second kappa shape index (κ2) is 4.34. The molecule has 2 nitrogen and oxygen atoms in total. The fourth-order valence-corrected chi connectivity index (χ4v) is 1.22. The summed E-state index contributed by atoms with van der Waals surface area (Å²) in [5.41, 5.74) is 1.27. The van der Waals surface area contributed by atoms with E-state index in [1.54, 1.807) is 0 Å². The summed E-state index contributed by atoms with van der Waals surface area (Å²) in [7, 11) is 0. The van der Waals surface area contributed by atoms with E-state index in [4.69, 9.17) is 5.84 Å². The predicted molar refractivity (Wildman–Crippen MR) is 47.5 cm³/mol. The third kappa shape index (κ3) is 2.30. The molecule has 0 radical (unpaired) electrons. The Morgan fingerprint density at radius 1 is 1.00 bits per heavy atom. The van der Waals surface area contributed by atoms with Gasteiger partial charge in [0, 0.05) is 0 Å². The maximum Gasteiger partial charge on any atom is 0.455 e. The lowest BCUT2D eigenvalue weighted by Crippen LogP contribution is -2.49. The van der Waals surface area contributed by atoms with Crippen molar-refractivity contribution in [3.05, 3.63) is 35.9 Å². The van der Waals surface area contributed by atoms with E-state index in [1.807, 2.05) is 0 Å². The molecule has 0 heterocycles. The summed E-state index contributed by atoms with van der Waals surface area (Å²) in [5, 5.41) is 0. The fourth-order valence-electron chi connectivity index (χ4n) is 1.22. The molecule has 7 heteroatoms. The number of hydrazine groups is 1. The van der Waals surface area contributed by atoms with Crippen LogP contribution < -0.4 is 11.3 Å². The Bertz CT molecular complexity index is 336. The van der Waals surface area contributed by atoms with Gasteiger partial charge in [-0.3, -0.25) is 5.84 Å². The van der Waals surface area contributed by atoms with Crippen molar-refractivity contribution in [1.29, 1.82) is 0 Å². The zero-order valence-electron chi connectivity index (χ0n) is 7.93. The molecule has 16 heavy (non-hydrogen) atoms. The van der Waals surface area contributed by atoms with Gasteiger partial charge in [-0.2, -0.15) is 22.0 Å². The van der Waals surface area contributed by atoms with Crippen molar-refractivity contribution in [3.8, 4) is 0 Å². The highest BCUT2D eigenvalue weighted by atomic mass is 19.4. The number of hydrogen-bond acceptors (Lipinski definition) is 2. The van der Waals surface area contributed by atoms with Crippen LogP contribution >= 0.6 is 0 Å². The summed E-state index contributed by atoms with van der Waals surface area (Å²) in [6, 6.07) is 4.20. The lowest BCUT2D eigenvalue weighted by atomic mass is 10.0. The van der Waals surface area contributed by atoms with Crippen LogP contribution in [0.5, 0.6) is 0 Å². The number of benzene rings is 1. The third-order valence-electron chi connectivity index (χ3n) is 2.04. The molecule has 1 atom stereocenters. The molecule has 0 amide bonds. The molecule has 1 rings (SSSR count). The Morgan fingerprint density at radius 2 is 1.50 bits per heavy atom. The maximum atomic E-state index is 13.0. The first-order chi connectivity index (χ1) is 7.30. The highest BCUT2D eigenvalue weighted by Gasteiger charge is 2.62. The standard InChI is InChI=1S/C9H9F5N2/c10-8(11,9(12,13)14)7(16-15)6-4-2-1-3-5-6/h1-5,7,16H,15H2/t7-/m1/s1. The minimum absolute atomic E-state index is 0.229. The van der Waals surface area contributed by atoms with E-state index in [0.717, 1.165) is 12.1 Å². The van der Waals surface area contributed by atoms with E-state index in [9.17, 15) is 22.0 Å². The Kier molecular flexibility index (Phi) is 3.49. The third-order valence-corrected chi connectivity index (χ3v) is 2.04. The molecule has 3 N–H and O–H groups in total. The quantitative estimate of drug-likeness (QED) is 0.483. The monoisotopic (exact) mass is 240 g/mol. The SMILES string of the molecule is NN[C@H](c1ccccc1)C(F)(F)C(F)(F)F. The summed E-state index contributed by atoms with van der Waals surface area (Å²) in [6.07, 6.45) is -5.65. The van der Waals surface area contributed by atoms with E-state index in [2.05, 4.69) is 0 Å². The Hall–Kier alpha value is -1.21. The number of alkyl halides is 5. The zero-order valence-corrected chi connectivity index (χ0v) is 7.93. The van der Waals surface area contributed by atoms with Crippen LogP contribution in [0.15, 0.2) is 30.3 Å². The van der Waals surface area contributed by atoms with Crippen molar-refractivity contribution in [2.24, 2.45) is 5.84 Å². The average Bonchev–Trinajstić information content (AvgIpc) is 2.18. The van der Waals surface area contributed by atoms with Gasteiger partial charge in [0.05, 0.1) is 0 Å². The van der Waals surface area contributed by atoms with Crippen LogP contribution in [0.3, 0.4) is 0 Å². The first-order valence-corrected chi connectivity index (χ1v) is 4.26. The first kappa shape index (κ1) is 12.9. The second-order valence-corrected chi connectivity index (χ2v) is 3.13. The van der Waals surface area contributed by atoms with E-state index in [-0.39, 0.29) is 5.56 Å². The van der Waals surface area contributed by atoms with Crippen molar-refractivity contribution in [1.82, 2.24) is 5.43 Å². The largest absolute Gasteiger partial charge is 0.455 e. The van der Waals surface area contributed by atoms with E-state index < -0.39 is 18.1 Å². The summed E-state index contributed by atoms with van der Waals surface area (Å²) in [5.74, 6) is -0.170. The van der Waals surface area contributed by atoms with Crippen LogP contribution in [0.25, 0.3) is 0 Å². The highest BCUT2D eigenvalue weighted by Crippen LogP contribution is 2.43. The molecule has 0 spiro atoms. The summed E-state index contributed by atoms with van der Waals surface area (Å²) in [6.45, 7) is 0. The van der Waals surface area contributed by atoms with Gasteiger partial charge in [0.25, 0.3) is 0 Å². The van der Waals surface area contributed by atoms with Gasteiger partial charge in [-0.25, -0.2) is 5.43 Å². The molecule has 0 aliphatic heterocycles. The van der Waals surface area contributed by atoms with Gasteiger partial charge < -0.3 is 0 Å². The van der Waals surface area contributed by atoms with Gasteiger partial charge in [0.1, 0.15) is 6.04 Å².